The summed E-state index contributed by atoms with van der Waals surface area (Å²) in [6, 6.07) is 37.7. The fraction of sp³-hybridized carbons (Fsp3) is 0.0625. The van der Waals surface area contributed by atoms with Crippen molar-refractivity contribution >= 4 is 45.8 Å². The standard InChI is InChI=1S/C32H27ClN4O2/c33-25-18-20-26(21-19-25)34-31(38)36-29(23-11-3-1-4-12-23)30(24-13-5-2-6-14-24)37-32(39)35-28-17-9-15-22-10-7-8-16-27(22)28/h1-21,29-30H,(H2,34,36,38)(H2,35,37,39). The van der Waals surface area contributed by atoms with Gasteiger partial charge in [0.2, 0.25) is 0 Å². The molecule has 0 fully saturated rings. The fourth-order valence-corrected chi connectivity index (χ4v) is 4.64. The second-order valence-corrected chi connectivity index (χ2v) is 9.44. The Kier molecular flexibility index (Phi) is 8.05. The molecule has 0 heterocycles. The highest BCUT2D eigenvalue weighted by atomic mass is 35.5. The summed E-state index contributed by atoms with van der Waals surface area (Å²) in [5.41, 5.74) is 2.97. The predicted octanol–water partition coefficient (Wildman–Crippen LogP) is 7.92. The van der Waals surface area contributed by atoms with E-state index in [1.54, 1.807) is 24.3 Å². The van der Waals surface area contributed by atoms with E-state index in [0.29, 0.717) is 16.4 Å². The van der Waals surface area contributed by atoms with Crippen LogP contribution in [0.15, 0.2) is 127 Å². The maximum absolute atomic E-state index is 13.4. The highest BCUT2D eigenvalue weighted by molar-refractivity contribution is 6.30. The summed E-state index contributed by atoms with van der Waals surface area (Å²) in [5, 5.41) is 14.6. The Morgan fingerprint density at radius 1 is 0.538 bits per heavy atom. The summed E-state index contributed by atoms with van der Waals surface area (Å²) in [6.45, 7) is 0. The highest BCUT2D eigenvalue weighted by Gasteiger charge is 2.28. The van der Waals surface area contributed by atoms with Gasteiger partial charge in [0.1, 0.15) is 0 Å². The normalized spacial score (nSPS) is 12.2. The smallest absolute Gasteiger partial charge is 0.319 e. The first-order valence-corrected chi connectivity index (χ1v) is 12.9. The zero-order chi connectivity index (χ0) is 27.0. The van der Waals surface area contributed by atoms with Crippen LogP contribution in [0.5, 0.6) is 0 Å². The molecular formula is C32H27ClN4O2. The highest BCUT2D eigenvalue weighted by Crippen LogP contribution is 2.30. The van der Waals surface area contributed by atoms with Crippen molar-refractivity contribution in [3.63, 3.8) is 0 Å². The molecule has 6 nitrogen and oxygen atoms in total. The summed E-state index contributed by atoms with van der Waals surface area (Å²) in [4.78, 5) is 26.6. The molecule has 0 radical (unpaired) electrons. The van der Waals surface area contributed by atoms with Crippen LogP contribution >= 0.6 is 11.6 Å². The van der Waals surface area contributed by atoms with E-state index < -0.39 is 18.1 Å². The molecule has 0 bridgehead atoms. The Balaban J connectivity index is 1.44. The first-order valence-electron chi connectivity index (χ1n) is 12.5. The lowest BCUT2D eigenvalue weighted by Crippen LogP contribution is -2.43. The van der Waals surface area contributed by atoms with E-state index >= 15 is 0 Å². The van der Waals surface area contributed by atoms with Gasteiger partial charge in [0.15, 0.2) is 0 Å². The predicted molar refractivity (Wildman–Crippen MR) is 158 cm³/mol. The average molecular weight is 535 g/mol. The van der Waals surface area contributed by atoms with Gasteiger partial charge in [-0.1, -0.05) is 109 Å². The van der Waals surface area contributed by atoms with Crippen LogP contribution in [0.1, 0.15) is 23.2 Å². The zero-order valence-electron chi connectivity index (χ0n) is 21.0. The molecule has 0 spiro atoms. The van der Waals surface area contributed by atoms with Crippen LogP contribution < -0.4 is 21.3 Å². The van der Waals surface area contributed by atoms with Crippen LogP contribution in [0.2, 0.25) is 5.02 Å². The maximum atomic E-state index is 13.4. The molecule has 0 saturated heterocycles. The van der Waals surface area contributed by atoms with E-state index in [0.717, 1.165) is 21.9 Å². The van der Waals surface area contributed by atoms with Gasteiger partial charge < -0.3 is 21.3 Å². The molecule has 5 aromatic carbocycles. The van der Waals surface area contributed by atoms with Crippen molar-refractivity contribution < 1.29 is 9.59 Å². The van der Waals surface area contributed by atoms with Crippen LogP contribution in [0.3, 0.4) is 0 Å². The molecule has 0 aliphatic carbocycles. The monoisotopic (exact) mass is 534 g/mol. The molecule has 5 aromatic rings. The number of anilines is 2. The minimum absolute atomic E-state index is 0.388. The number of halogens is 1. The number of hydrogen-bond acceptors (Lipinski definition) is 2. The van der Waals surface area contributed by atoms with E-state index in [9.17, 15) is 9.59 Å². The van der Waals surface area contributed by atoms with Crippen molar-refractivity contribution in [1.29, 1.82) is 0 Å². The second kappa shape index (κ2) is 12.2. The minimum Gasteiger partial charge on any atom is -0.329 e. The Labute approximate surface area is 232 Å². The summed E-state index contributed by atoms with van der Waals surface area (Å²) >= 11 is 5.99. The fourth-order valence-electron chi connectivity index (χ4n) is 4.51. The number of urea groups is 2. The molecule has 5 rings (SSSR count). The Bertz CT molecular complexity index is 1560. The molecule has 2 atom stereocenters. The molecule has 0 aliphatic heterocycles. The van der Waals surface area contributed by atoms with Crippen LogP contribution in [0, 0.1) is 0 Å². The number of amides is 4. The summed E-state index contributed by atoms with van der Waals surface area (Å²) < 4.78 is 0. The number of fused-ring (bicyclic) bond motifs is 1. The van der Waals surface area contributed by atoms with Gasteiger partial charge in [-0.25, -0.2) is 9.59 Å². The number of rotatable bonds is 7. The molecule has 7 heteroatoms. The third kappa shape index (κ3) is 6.55. The molecule has 39 heavy (non-hydrogen) atoms. The van der Waals surface area contributed by atoms with Gasteiger partial charge in [-0.2, -0.15) is 0 Å². The molecule has 2 unspecified atom stereocenters. The average Bonchev–Trinajstić information content (AvgIpc) is 2.97. The first-order chi connectivity index (χ1) is 19.1. The molecule has 4 N–H and O–H groups in total. The largest absolute Gasteiger partial charge is 0.329 e. The van der Waals surface area contributed by atoms with Crippen molar-refractivity contribution in [2.45, 2.75) is 12.1 Å². The van der Waals surface area contributed by atoms with Crippen LogP contribution in [0.25, 0.3) is 10.8 Å². The second-order valence-electron chi connectivity index (χ2n) is 9.01. The minimum atomic E-state index is -0.584. The number of carbonyl (C=O) groups excluding carboxylic acids is 2. The lowest BCUT2D eigenvalue weighted by molar-refractivity contribution is 0.236. The molecule has 0 aliphatic rings. The SMILES string of the molecule is O=C(Nc1ccc(Cl)cc1)NC(c1ccccc1)C(NC(=O)Nc1cccc2ccccc12)c1ccccc1. The van der Waals surface area contributed by atoms with Gasteiger partial charge in [0.25, 0.3) is 0 Å². The Morgan fingerprint density at radius 2 is 1.05 bits per heavy atom. The molecule has 0 saturated carbocycles. The zero-order valence-corrected chi connectivity index (χ0v) is 21.7. The Morgan fingerprint density at radius 3 is 1.67 bits per heavy atom. The first kappa shape index (κ1) is 25.8. The molecular weight excluding hydrogens is 508 g/mol. The quantitative estimate of drug-likeness (QED) is 0.171. The lowest BCUT2D eigenvalue weighted by Gasteiger charge is -2.30. The van der Waals surface area contributed by atoms with Crippen molar-refractivity contribution in [2.75, 3.05) is 10.6 Å². The van der Waals surface area contributed by atoms with E-state index in [1.807, 2.05) is 103 Å². The lowest BCUT2D eigenvalue weighted by atomic mass is 9.93. The number of carbonyl (C=O) groups is 2. The summed E-state index contributed by atoms with van der Waals surface area (Å²) in [5.74, 6) is 0. The van der Waals surface area contributed by atoms with Crippen molar-refractivity contribution in [2.24, 2.45) is 0 Å². The molecule has 194 valence electrons. The number of hydrogen-bond donors (Lipinski definition) is 4. The summed E-state index contributed by atoms with van der Waals surface area (Å²) in [7, 11) is 0. The third-order valence-electron chi connectivity index (χ3n) is 6.36. The topological polar surface area (TPSA) is 82.3 Å². The van der Waals surface area contributed by atoms with Gasteiger partial charge in [0, 0.05) is 16.1 Å². The number of nitrogens with one attached hydrogen (secondary N) is 4. The van der Waals surface area contributed by atoms with Gasteiger partial charge in [-0.05, 0) is 46.8 Å². The van der Waals surface area contributed by atoms with Gasteiger partial charge in [-0.15, -0.1) is 0 Å². The van der Waals surface area contributed by atoms with E-state index in [2.05, 4.69) is 21.3 Å². The maximum Gasteiger partial charge on any atom is 0.319 e. The molecule has 0 aromatic heterocycles. The van der Waals surface area contributed by atoms with Crippen molar-refractivity contribution in [3.05, 3.63) is 144 Å². The summed E-state index contributed by atoms with van der Waals surface area (Å²) in [6.07, 6.45) is 0. The van der Waals surface area contributed by atoms with Crippen molar-refractivity contribution in [3.8, 4) is 0 Å². The van der Waals surface area contributed by atoms with Crippen LogP contribution in [-0.2, 0) is 0 Å². The van der Waals surface area contributed by atoms with Crippen LogP contribution in [-0.4, -0.2) is 12.1 Å². The van der Waals surface area contributed by atoms with E-state index in [4.69, 9.17) is 11.6 Å². The van der Waals surface area contributed by atoms with E-state index in [1.165, 1.54) is 0 Å². The Hall–Kier alpha value is -4.81. The third-order valence-corrected chi connectivity index (χ3v) is 6.62. The van der Waals surface area contributed by atoms with Crippen LogP contribution in [0.4, 0.5) is 21.0 Å². The van der Waals surface area contributed by atoms with Gasteiger partial charge in [0.05, 0.1) is 17.8 Å². The van der Waals surface area contributed by atoms with Gasteiger partial charge >= 0.3 is 12.1 Å². The van der Waals surface area contributed by atoms with Crippen molar-refractivity contribution in [1.82, 2.24) is 10.6 Å². The number of benzene rings is 5. The van der Waals surface area contributed by atoms with E-state index in [-0.39, 0.29) is 6.03 Å². The molecule has 4 amide bonds. The van der Waals surface area contributed by atoms with Gasteiger partial charge in [-0.3, -0.25) is 0 Å².